The fourth-order valence-corrected chi connectivity index (χ4v) is 9.78. The fraction of sp³-hybridized carbons (Fsp3) is 0.885. The van der Waals surface area contributed by atoms with Crippen molar-refractivity contribution < 1.29 is 32.9 Å². The van der Waals surface area contributed by atoms with Gasteiger partial charge < -0.3 is 28.8 Å². The zero-order chi connectivity index (χ0) is 51.3. The minimum absolute atomic E-state index is 0.00775. The van der Waals surface area contributed by atoms with Gasteiger partial charge in [-0.2, -0.15) is 0 Å². The maximum Gasteiger partial charge on any atom is 0.268 e. The molecule has 0 spiro atoms. The van der Waals surface area contributed by atoms with E-state index in [0.717, 1.165) is 51.4 Å². The highest BCUT2D eigenvalue weighted by molar-refractivity contribution is 7.45. The highest BCUT2D eigenvalue weighted by Gasteiger charge is 2.23. The molecule has 0 aliphatic rings. The van der Waals surface area contributed by atoms with Crippen LogP contribution in [0.2, 0.25) is 0 Å². The second-order valence-electron chi connectivity index (χ2n) is 22.0. The number of carbonyl (C=O) groups excluding carboxylic acids is 1. The van der Waals surface area contributed by atoms with Crippen molar-refractivity contribution in [2.45, 2.75) is 309 Å². The van der Waals surface area contributed by atoms with Crippen LogP contribution in [-0.4, -0.2) is 68.5 Å². The first-order valence-corrected chi connectivity index (χ1v) is 31.8. The molecule has 0 rings (SSSR count). The summed E-state index contributed by atoms with van der Waals surface area (Å²) in [4.78, 5) is 25.4. The van der Waals surface area contributed by atoms with Gasteiger partial charge in [-0.05, 0) is 38.5 Å². The molecular weight excluding hydrogens is 888 g/mol. The molecule has 0 aromatic heterocycles. The van der Waals surface area contributed by atoms with E-state index in [4.69, 9.17) is 9.05 Å². The van der Waals surface area contributed by atoms with Crippen molar-refractivity contribution in [3.8, 4) is 0 Å². The highest BCUT2D eigenvalue weighted by Crippen LogP contribution is 2.38. The number of quaternary nitrogens is 1. The van der Waals surface area contributed by atoms with Crippen molar-refractivity contribution in [3.63, 3.8) is 0 Å². The Balaban J connectivity index is 3.89. The SMILES string of the molecule is CCCC/C=C/CC/C=C/CC/C=C/C(O)C(COP(=O)([O-])OCC[N+](C)(C)C)NC(=O)CCCCCCCCCCCCCCCCCCCCCCCCCCCCCCCCCCCCCC. The van der Waals surface area contributed by atoms with Crippen LogP contribution in [0.15, 0.2) is 36.5 Å². The number of nitrogens with one attached hydrogen (secondary N) is 1. The second kappa shape index (κ2) is 52.6. The lowest BCUT2D eigenvalue weighted by molar-refractivity contribution is -0.870. The summed E-state index contributed by atoms with van der Waals surface area (Å²) < 4.78 is 23.3. The third-order valence-corrected chi connectivity index (χ3v) is 14.8. The Morgan fingerprint density at radius 1 is 0.486 bits per heavy atom. The molecule has 2 N–H and O–H groups in total. The van der Waals surface area contributed by atoms with E-state index in [2.05, 4.69) is 43.5 Å². The number of rotatable bonds is 56. The zero-order valence-corrected chi connectivity index (χ0v) is 48.1. The number of hydrogen-bond acceptors (Lipinski definition) is 6. The summed E-state index contributed by atoms with van der Waals surface area (Å²) in [5.41, 5.74) is 0. The van der Waals surface area contributed by atoms with Crippen molar-refractivity contribution >= 4 is 13.7 Å². The van der Waals surface area contributed by atoms with Crippen molar-refractivity contribution in [1.29, 1.82) is 0 Å². The van der Waals surface area contributed by atoms with Crippen molar-refractivity contribution in [2.75, 3.05) is 40.9 Å². The summed E-state index contributed by atoms with van der Waals surface area (Å²) in [5, 5.41) is 13.8. The summed E-state index contributed by atoms with van der Waals surface area (Å²) in [7, 11) is 1.24. The predicted molar refractivity (Wildman–Crippen MR) is 302 cm³/mol. The first-order valence-electron chi connectivity index (χ1n) is 30.4. The molecule has 0 aromatic rings. The van der Waals surface area contributed by atoms with Gasteiger partial charge in [-0.3, -0.25) is 9.36 Å². The van der Waals surface area contributed by atoms with Gasteiger partial charge in [0.2, 0.25) is 5.91 Å². The molecule has 0 heterocycles. The summed E-state index contributed by atoms with van der Waals surface area (Å²) in [6.45, 7) is 4.60. The van der Waals surface area contributed by atoms with Gasteiger partial charge in [0, 0.05) is 6.42 Å². The number of phosphoric acid groups is 1. The number of likely N-dealkylation sites (N-methyl/N-ethyl adjacent to an activating group) is 1. The van der Waals surface area contributed by atoms with E-state index < -0.39 is 26.6 Å². The van der Waals surface area contributed by atoms with E-state index in [1.807, 2.05) is 27.2 Å². The van der Waals surface area contributed by atoms with E-state index in [-0.39, 0.29) is 12.5 Å². The molecule has 0 aliphatic carbocycles. The minimum Gasteiger partial charge on any atom is -0.756 e. The molecule has 3 unspecified atom stereocenters. The maximum atomic E-state index is 12.9. The molecule has 8 nitrogen and oxygen atoms in total. The average Bonchev–Trinajstić information content (AvgIpc) is 3.32. The number of hydrogen-bond donors (Lipinski definition) is 2. The van der Waals surface area contributed by atoms with Crippen LogP contribution in [0.1, 0.15) is 296 Å². The minimum atomic E-state index is -4.60. The van der Waals surface area contributed by atoms with Crippen LogP contribution in [-0.2, 0) is 18.4 Å². The van der Waals surface area contributed by atoms with E-state index >= 15 is 0 Å². The lowest BCUT2D eigenvalue weighted by Gasteiger charge is -2.29. The number of aliphatic hydroxyl groups excluding tert-OH is 1. The molecular formula is C61H119N2O6P. The fourth-order valence-electron chi connectivity index (χ4n) is 9.06. The van der Waals surface area contributed by atoms with Crippen molar-refractivity contribution in [3.05, 3.63) is 36.5 Å². The molecule has 0 saturated heterocycles. The molecule has 0 radical (unpaired) electrons. The number of aliphatic hydroxyl groups is 1. The summed E-state index contributed by atoms with van der Waals surface area (Å²) in [6, 6.07) is -0.906. The van der Waals surface area contributed by atoms with E-state index in [1.165, 1.54) is 225 Å². The van der Waals surface area contributed by atoms with Gasteiger partial charge in [-0.15, -0.1) is 0 Å². The molecule has 1 amide bonds. The first-order chi connectivity index (χ1) is 34.0. The first kappa shape index (κ1) is 68.7. The van der Waals surface area contributed by atoms with Crippen molar-refractivity contribution in [1.82, 2.24) is 5.32 Å². The third-order valence-electron chi connectivity index (χ3n) is 13.8. The predicted octanol–water partition coefficient (Wildman–Crippen LogP) is 17.9. The van der Waals surface area contributed by atoms with Crippen LogP contribution >= 0.6 is 7.82 Å². The Morgan fingerprint density at radius 3 is 1.14 bits per heavy atom. The standard InChI is InChI=1S/C61H119N2O6P/c1-6-8-10-12-14-16-18-20-21-22-23-24-25-26-27-28-29-30-31-32-33-34-35-36-37-38-39-40-41-42-43-45-47-49-51-53-55-61(65)62-59(58-69-70(66,67)68-57-56-63(3,4)5)60(64)54-52-50-48-46-44-19-17-15-13-11-9-7-2/h13,15,44,46,52,54,59-60,64H,6-12,14,16-43,45,47-51,53,55-58H2,1-5H3,(H-,62,65,66,67)/b15-13+,46-44+,54-52+. The van der Waals surface area contributed by atoms with Crippen LogP contribution in [0, 0.1) is 0 Å². The van der Waals surface area contributed by atoms with Crippen LogP contribution < -0.4 is 10.2 Å². The average molecular weight is 1010 g/mol. The van der Waals surface area contributed by atoms with Crippen molar-refractivity contribution in [2.24, 2.45) is 0 Å². The number of phosphoric ester groups is 1. The molecule has 0 aliphatic heterocycles. The zero-order valence-electron chi connectivity index (χ0n) is 47.2. The van der Waals surface area contributed by atoms with Gasteiger partial charge in [-0.25, -0.2) is 0 Å². The highest BCUT2D eigenvalue weighted by atomic mass is 31.2. The summed E-state index contributed by atoms with van der Waals surface area (Å²) >= 11 is 0. The van der Waals surface area contributed by atoms with Gasteiger partial charge >= 0.3 is 0 Å². The summed E-state index contributed by atoms with van der Waals surface area (Å²) in [6.07, 6.45) is 68.5. The molecule has 3 atom stereocenters. The summed E-state index contributed by atoms with van der Waals surface area (Å²) in [5.74, 6) is -0.208. The van der Waals surface area contributed by atoms with E-state index in [0.29, 0.717) is 17.4 Å². The Kier molecular flexibility index (Phi) is 51.6. The normalized spacial score (nSPS) is 14.1. The molecule has 0 aromatic carbocycles. The van der Waals surface area contributed by atoms with Crippen LogP contribution in [0.5, 0.6) is 0 Å². The van der Waals surface area contributed by atoms with Crippen LogP contribution in [0.25, 0.3) is 0 Å². The Morgan fingerprint density at radius 2 is 0.800 bits per heavy atom. The van der Waals surface area contributed by atoms with Gasteiger partial charge in [-0.1, -0.05) is 288 Å². The number of nitrogens with zero attached hydrogens (tertiary/aromatic N) is 1. The number of amides is 1. The molecule has 0 saturated carbocycles. The quantitative estimate of drug-likeness (QED) is 0.0272. The van der Waals surface area contributed by atoms with E-state index in [9.17, 15) is 19.4 Å². The number of carbonyl (C=O) groups is 1. The Labute approximate surface area is 436 Å². The Hall–Kier alpha value is -1.28. The molecule has 70 heavy (non-hydrogen) atoms. The van der Waals surface area contributed by atoms with Crippen LogP contribution in [0.3, 0.4) is 0 Å². The van der Waals surface area contributed by atoms with Gasteiger partial charge in [0.25, 0.3) is 7.82 Å². The monoisotopic (exact) mass is 1010 g/mol. The smallest absolute Gasteiger partial charge is 0.268 e. The third kappa shape index (κ3) is 54.5. The number of allylic oxidation sites excluding steroid dienone is 5. The molecule has 414 valence electrons. The molecule has 0 fully saturated rings. The maximum absolute atomic E-state index is 12.9. The topological polar surface area (TPSA) is 108 Å². The number of unbranched alkanes of at least 4 members (excludes halogenated alkanes) is 39. The molecule has 9 heteroatoms. The Bertz CT molecular complexity index is 1230. The lowest BCUT2D eigenvalue weighted by Crippen LogP contribution is -2.45. The lowest BCUT2D eigenvalue weighted by atomic mass is 10.0. The van der Waals surface area contributed by atoms with E-state index in [1.54, 1.807) is 6.08 Å². The van der Waals surface area contributed by atoms with Gasteiger partial charge in [0.1, 0.15) is 13.2 Å². The largest absolute Gasteiger partial charge is 0.756 e. The van der Waals surface area contributed by atoms with Gasteiger partial charge in [0.05, 0.1) is 39.9 Å². The van der Waals surface area contributed by atoms with Gasteiger partial charge in [0.15, 0.2) is 0 Å². The van der Waals surface area contributed by atoms with Crippen LogP contribution in [0.4, 0.5) is 0 Å². The molecule has 0 bridgehead atoms. The second-order valence-corrected chi connectivity index (χ2v) is 23.5.